The summed E-state index contributed by atoms with van der Waals surface area (Å²) in [5, 5.41) is -0.671. The van der Waals surface area contributed by atoms with Gasteiger partial charge in [0.05, 0.1) is 5.56 Å². The standard InChI is InChI=1S/C8H4Cl4O2/c9-7(13)5-3-1-2-4-6(5)14-8(10,11)12/h1-4H. The van der Waals surface area contributed by atoms with Crippen LogP contribution in [0.25, 0.3) is 0 Å². The first-order valence-electron chi connectivity index (χ1n) is 3.45. The average Bonchev–Trinajstić information content (AvgIpc) is 2.01. The molecule has 0 unspecified atom stereocenters. The zero-order valence-electron chi connectivity index (χ0n) is 6.64. The second-order valence-corrected chi connectivity index (χ2v) is 4.84. The number of halogens is 4. The molecule has 76 valence electrons. The molecule has 0 N–H and O–H groups in total. The van der Waals surface area contributed by atoms with Gasteiger partial charge in [-0.15, -0.1) is 0 Å². The predicted octanol–water partition coefficient (Wildman–Crippen LogP) is 3.77. The molecule has 0 saturated carbocycles. The maximum absolute atomic E-state index is 10.9. The second-order valence-electron chi connectivity index (χ2n) is 2.32. The van der Waals surface area contributed by atoms with Crippen molar-refractivity contribution >= 4 is 51.6 Å². The molecule has 1 rings (SSSR count). The number of ether oxygens (including phenoxy) is 1. The van der Waals surface area contributed by atoms with Gasteiger partial charge in [-0.2, -0.15) is 0 Å². The maximum Gasteiger partial charge on any atom is 0.338 e. The van der Waals surface area contributed by atoms with E-state index in [1.165, 1.54) is 12.1 Å². The van der Waals surface area contributed by atoms with E-state index in [9.17, 15) is 4.79 Å². The quantitative estimate of drug-likeness (QED) is 0.606. The van der Waals surface area contributed by atoms with Crippen molar-refractivity contribution in [2.45, 2.75) is 3.98 Å². The van der Waals surface area contributed by atoms with Gasteiger partial charge in [0.2, 0.25) is 0 Å². The third kappa shape index (κ3) is 3.54. The maximum atomic E-state index is 10.9. The molecule has 0 aromatic heterocycles. The van der Waals surface area contributed by atoms with Crippen molar-refractivity contribution in [1.82, 2.24) is 0 Å². The molecule has 1 aromatic carbocycles. The molecule has 1 aromatic rings. The van der Waals surface area contributed by atoms with Gasteiger partial charge in [-0.3, -0.25) is 4.79 Å². The summed E-state index contributed by atoms with van der Waals surface area (Å²) in [5.74, 6) is 0.132. The second kappa shape index (κ2) is 4.58. The Kier molecular flexibility index (Phi) is 3.90. The minimum Gasteiger partial charge on any atom is -0.445 e. The number of benzene rings is 1. The molecule has 0 aliphatic carbocycles. The van der Waals surface area contributed by atoms with E-state index in [1.54, 1.807) is 12.1 Å². The van der Waals surface area contributed by atoms with E-state index in [-0.39, 0.29) is 11.3 Å². The molecule has 0 saturated heterocycles. The largest absolute Gasteiger partial charge is 0.445 e. The summed E-state index contributed by atoms with van der Waals surface area (Å²) >= 11 is 21.5. The Bertz CT molecular complexity index is 345. The number of carbonyl (C=O) groups is 1. The number of hydrogen-bond donors (Lipinski definition) is 0. The fourth-order valence-electron chi connectivity index (χ4n) is 0.843. The summed E-state index contributed by atoms with van der Waals surface area (Å²) < 4.78 is 2.97. The van der Waals surface area contributed by atoms with Crippen molar-refractivity contribution in [1.29, 1.82) is 0 Å². The molecule has 0 heterocycles. The Labute approximate surface area is 101 Å². The minimum atomic E-state index is -1.91. The van der Waals surface area contributed by atoms with Crippen LogP contribution in [0.3, 0.4) is 0 Å². The van der Waals surface area contributed by atoms with Crippen LogP contribution in [0.15, 0.2) is 24.3 Å². The minimum absolute atomic E-state index is 0.132. The van der Waals surface area contributed by atoms with Crippen LogP contribution in [0.5, 0.6) is 5.75 Å². The molecule has 0 radical (unpaired) electrons. The van der Waals surface area contributed by atoms with Gasteiger partial charge in [0, 0.05) is 0 Å². The Balaban J connectivity index is 3.02. The molecule has 0 spiro atoms. The number of carbonyl (C=O) groups excluding carboxylic acids is 1. The summed E-state index contributed by atoms with van der Waals surface area (Å²) in [7, 11) is 0. The van der Waals surface area contributed by atoms with Gasteiger partial charge in [-0.25, -0.2) is 0 Å². The normalized spacial score (nSPS) is 11.1. The Morgan fingerprint density at radius 2 is 1.79 bits per heavy atom. The molecule has 14 heavy (non-hydrogen) atoms. The number of para-hydroxylation sites is 1. The van der Waals surface area contributed by atoms with E-state index in [4.69, 9.17) is 51.1 Å². The summed E-state index contributed by atoms with van der Waals surface area (Å²) in [5.41, 5.74) is 0.153. The lowest BCUT2D eigenvalue weighted by atomic mass is 10.2. The van der Waals surface area contributed by atoms with Crippen molar-refractivity contribution in [3.8, 4) is 5.75 Å². The van der Waals surface area contributed by atoms with Crippen molar-refractivity contribution < 1.29 is 9.53 Å². The van der Waals surface area contributed by atoms with Crippen molar-refractivity contribution in [3.05, 3.63) is 29.8 Å². The van der Waals surface area contributed by atoms with E-state index < -0.39 is 9.22 Å². The van der Waals surface area contributed by atoms with Gasteiger partial charge in [0.1, 0.15) is 5.75 Å². The first-order valence-corrected chi connectivity index (χ1v) is 4.96. The van der Waals surface area contributed by atoms with Gasteiger partial charge in [-0.1, -0.05) is 12.1 Å². The Morgan fingerprint density at radius 1 is 1.21 bits per heavy atom. The molecule has 0 aliphatic rings. The molecule has 6 heteroatoms. The molecule has 0 fully saturated rings. The highest BCUT2D eigenvalue weighted by atomic mass is 35.6. The highest BCUT2D eigenvalue weighted by Gasteiger charge is 2.24. The predicted molar refractivity (Wildman–Crippen MR) is 57.5 cm³/mol. The molecule has 0 bridgehead atoms. The lowest BCUT2D eigenvalue weighted by molar-refractivity contribution is 0.107. The number of alkyl halides is 3. The first kappa shape index (κ1) is 11.9. The van der Waals surface area contributed by atoms with Crippen molar-refractivity contribution in [3.63, 3.8) is 0 Å². The van der Waals surface area contributed by atoms with Crippen LogP contribution >= 0.6 is 46.4 Å². The highest BCUT2D eigenvalue weighted by molar-refractivity contribution is 6.68. The molecule has 0 atom stereocenters. The van der Waals surface area contributed by atoms with E-state index in [1.807, 2.05) is 0 Å². The Hall–Kier alpha value is -0.150. The van der Waals surface area contributed by atoms with Crippen molar-refractivity contribution in [2.24, 2.45) is 0 Å². The average molecular weight is 274 g/mol. The Morgan fingerprint density at radius 3 is 2.29 bits per heavy atom. The summed E-state index contributed by atoms with van der Waals surface area (Å²) in [6.45, 7) is 0. The smallest absolute Gasteiger partial charge is 0.338 e. The molecule has 0 aliphatic heterocycles. The van der Waals surface area contributed by atoms with Gasteiger partial charge in [-0.05, 0) is 58.5 Å². The van der Waals surface area contributed by atoms with Gasteiger partial charge < -0.3 is 4.74 Å². The van der Waals surface area contributed by atoms with E-state index in [0.717, 1.165) is 0 Å². The first-order chi connectivity index (χ1) is 6.40. The van der Waals surface area contributed by atoms with Crippen LogP contribution in [-0.4, -0.2) is 9.22 Å². The fraction of sp³-hybridized carbons (Fsp3) is 0.125. The van der Waals surface area contributed by atoms with Crippen LogP contribution < -0.4 is 4.74 Å². The van der Waals surface area contributed by atoms with Crippen LogP contribution in [0.4, 0.5) is 0 Å². The van der Waals surface area contributed by atoms with Crippen LogP contribution in [-0.2, 0) is 0 Å². The lowest BCUT2D eigenvalue weighted by Gasteiger charge is -2.15. The molecular formula is C8H4Cl4O2. The van der Waals surface area contributed by atoms with Crippen LogP contribution in [0.2, 0.25) is 0 Å². The zero-order chi connectivity index (χ0) is 10.8. The van der Waals surface area contributed by atoms with Gasteiger partial charge in [0.15, 0.2) is 0 Å². The van der Waals surface area contributed by atoms with Gasteiger partial charge >= 0.3 is 3.98 Å². The molecule has 2 nitrogen and oxygen atoms in total. The number of rotatable bonds is 2. The molecular weight excluding hydrogens is 270 g/mol. The van der Waals surface area contributed by atoms with Gasteiger partial charge in [0.25, 0.3) is 5.24 Å². The molecule has 0 amide bonds. The van der Waals surface area contributed by atoms with E-state index in [2.05, 4.69) is 0 Å². The summed E-state index contributed by atoms with van der Waals surface area (Å²) in [6.07, 6.45) is 0. The third-order valence-electron chi connectivity index (χ3n) is 1.32. The van der Waals surface area contributed by atoms with E-state index >= 15 is 0 Å². The lowest BCUT2D eigenvalue weighted by Crippen LogP contribution is -2.14. The zero-order valence-corrected chi connectivity index (χ0v) is 9.66. The SMILES string of the molecule is O=C(Cl)c1ccccc1OC(Cl)(Cl)Cl. The monoisotopic (exact) mass is 272 g/mol. The van der Waals surface area contributed by atoms with Crippen LogP contribution in [0, 0.1) is 0 Å². The van der Waals surface area contributed by atoms with E-state index in [0.29, 0.717) is 0 Å². The number of hydrogen-bond acceptors (Lipinski definition) is 2. The highest BCUT2D eigenvalue weighted by Crippen LogP contribution is 2.32. The summed E-state index contributed by atoms with van der Waals surface area (Å²) in [4.78, 5) is 10.9. The van der Waals surface area contributed by atoms with Crippen molar-refractivity contribution in [2.75, 3.05) is 0 Å². The van der Waals surface area contributed by atoms with Crippen LogP contribution in [0.1, 0.15) is 10.4 Å². The third-order valence-corrected chi connectivity index (χ3v) is 1.76. The topological polar surface area (TPSA) is 26.3 Å². The fourth-order valence-corrected chi connectivity index (χ4v) is 1.25. The summed E-state index contributed by atoms with van der Waals surface area (Å²) in [6, 6.07) is 6.22.